The van der Waals surface area contributed by atoms with E-state index in [2.05, 4.69) is 27.6 Å². The van der Waals surface area contributed by atoms with Crippen molar-refractivity contribution in [1.82, 2.24) is 14.2 Å². The second-order valence-corrected chi connectivity index (χ2v) is 7.15. The van der Waals surface area contributed by atoms with Gasteiger partial charge in [0, 0.05) is 36.7 Å². The van der Waals surface area contributed by atoms with Gasteiger partial charge in [-0.05, 0) is 25.7 Å². The highest BCUT2D eigenvalue weighted by molar-refractivity contribution is 7.88. The van der Waals surface area contributed by atoms with Gasteiger partial charge >= 0.3 is 0 Å². The fourth-order valence-corrected chi connectivity index (χ4v) is 2.90. The van der Waals surface area contributed by atoms with Crippen LogP contribution in [0, 0.1) is 0 Å². The van der Waals surface area contributed by atoms with Gasteiger partial charge in [0.25, 0.3) is 0 Å². The summed E-state index contributed by atoms with van der Waals surface area (Å²) >= 11 is 0. The Morgan fingerprint density at radius 3 is 2.55 bits per heavy atom. The van der Waals surface area contributed by atoms with E-state index in [1.807, 2.05) is 38.2 Å². The zero-order valence-corrected chi connectivity index (χ0v) is 13.1. The third-order valence-electron chi connectivity index (χ3n) is 3.45. The lowest BCUT2D eigenvalue weighted by atomic mass is 10.1. The van der Waals surface area contributed by atoms with Crippen molar-refractivity contribution >= 4 is 20.9 Å². The SMILES string of the molecule is CN(C)C(CNS(C)(=O)=O)c1cn(C)c2ccccc12. The molecule has 0 amide bonds. The molecule has 1 atom stereocenters. The van der Waals surface area contributed by atoms with Crippen molar-refractivity contribution in [2.24, 2.45) is 7.05 Å². The van der Waals surface area contributed by atoms with Crippen LogP contribution >= 0.6 is 0 Å². The fraction of sp³-hybridized carbons (Fsp3) is 0.429. The molecular weight excluding hydrogens is 274 g/mol. The summed E-state index contributed by atoms with van der Waals surface area (Å²) in [6.45, 7) is 0.361. The zero-order valence-electron chi connectivity index (χ0n) is 12.3. The van der Waals surface area contributed by atoms with Crippen molar-refractivity contribution in [3.63, 3.8) is 0 Å². The molecule has 5 nitrogen and oxygen atoms in total. The van der Waals surface area contributed by atoms with Crippen LogP contribution in [0.3, 0.4) is 0 Å². The number of rotatable bonds is 5. The molecular formula is C14H21N3O2S. The summed E-state index contributed by atoms with van der Waals surface area (Å²) < 4.78 is 27.3. The van der Waals surface area contributed by atoms with E-state index >= 15 is 0 Å². The number of likely N-dealkylation sites (N-methyl/N-ethyl adjacent to an activating group) is 1. The molecule has 0 bridgehead atoms. The van der Waals surface area contributed by atoms with E-state index in [9.17, 15) is 8.42 Å². The highest BCUT2D eigenvalue weighted by atomic mass is 32.2. The maximum Gasteiger partial charge on any atom is 0.208 e. The molecule has 1 heterocycles. The Labute approximate surface area is 120 Å². The maximum absolute atomic E-state index is 11.3. The van der Waals surface area contributed by atoms with Gasteiger partial charge in [-0.2, -0.15) is 0 Å². The zero-order chi connectivity index (χ0) is 14.9. The van der Waals surface area contributed by atoms with E-state index in [0.717, 1.165) is 16.5 Å². The highest BCUT2D eigenvalue weighted by Crippen LogP contribution is 2.28. The summed E-state index contributed by atoms with van der Waals surface area (Å²) in [4.78, 5) is 2.03. The first-order valence-electron chi connectivity index (χ1n) is 6.44. The lowest BCUT2D eigenvalue weighted by molar-refractivity contribution is 0.301. The minimum Gasteiger partial charge on any atom is -0.350 e. The van der Waals surface area contributed by atoms with Crippen molar-refractivity contribution in [3.8, 4) is 0 Å². The van der Waals surface area contributed by atoms with E-state index in [-0.39, 0.29) is 6.04 Å². The third-order valence-corrected chi connectivity index (χ3v) is 4.14. The van der Waals surface area contributed by atoms with Crippen LogP contribution in [0.2, 0.25) is 0 Å². The minimum absolute atomic E-state index is 0.00387. The monoisotopic (exact) mass is 295 g/mol. The van der Waals surface area contributed by atoms with E-state index in [4.69, 9.17) is 0 Å². The average Bonchev–Trinajstić information content (AvgIpc) is 2.66. The molecule has 1 aromatic carbocycles. The molecule has 2 aromatic rings. The van der Waals surface area contributed by atoms with E-state index < -0.39 is 10.0 Å². The minimum atomic E-state index is -3.19. The van der Waals surface area contributed by atoms with Crippen LogP contribution < -0.4 is 4.72 Å². The Kier molecular flexibility index (Phi) is 4.17. The summed E-state index contributed by atoms with van der Waals surface area (Å²) in [7, 11) is 2.72. The molecule has 1 aromatic heterocycles. The van der Waals surface area contributed by atoms with Gasteiger partial charge in [0.15, 0.2) is 0 Å². The smallest absolute Gasteiger partial charge is 0.208 e. The van der Waals surface area contributed by atoms with E-state index in [0.29, 0.717) is 6.54 Å². The molecule has 0 fully saturated rings. The topological polar surface area (TPSA) is 54.3 Å². The first-order valence-corrected chi connectivity index (χ1v) is 8.34. The van der Waals surface area contributed by atoms with Crippen LogP contribution in [0.4, 0.5) is 0 Å². The van der Waals surface area contributed by atoms with Gasteiger partial charge in [-0.15, -0.1) is 0 Å². The Hall–Kier alpha value is -1.37. The molecule has 0 saturated heterocycles. The number of hydrogen-bond donors (Lipinski definition) is 1. The first-order chi connectivity index (χ1) is 9.29. The highest BCUT2D eigenvalue weighted by Gasteiger charge is 2.20. The number of nitrogens with one attached hydrogen (secondary N) is 1. The molecule has 0 radical (unpaired) electrons. The molecule has 0 saturated carbocycles. The molecule has 0 aliphatic rings. The molecule has 0 aliphatic carbocycles. The van der Waals surface area contributed by atoms with Crippen LogP contribution in [-0.2, 0) is 17.1 Å². The van der Waals surface area contributed by atoms with E-state index in [1.165, 1.54) is 6.26 Å². The Balaban J connectivity index is 2.42. The molecule has 6 heteroatoms. The number of fused-ring (bicyclic) bond motifs is 1. The Morgan fingerprint density at radius 1 is 1.30 bits per heavy atom. The maximum atomic E-state index is 11.3. The summed E-state index contributed by atoms with van der Waals surface area (Å²) in [6.07, 6.45) is 3.25. The van der Waals surface area contributed by atoms with Crippen LogP contribution in [0.5, 0.6) is 0 Å². The fourth-order valence-electron chi connectivity index (χ4n) is 2.44. The third kappa shape index (κ3) is 3.20. The lowest BCUT2D eigenvalue weighted by Gasteiger charge is -2.24. The van der Waals surface area contributed by atoms with Gasteiger partial charge in [-0.25, -0.2) is 13.1 Å². The number of aryl methyl sites for hydroxylation is 1. The van der Waals surface area contributed by atoms with Crippen molar-refractivity contribution in [2.45, 2.75) is 6.04 Å². The van der Waals surface area contributed by atoms with Gasteiger partial charge in [0.05, 0.1) is 6.26 Å². The van der Waals surface area contributed by atoms with Gasteiger partial charge in [0.1, 0.15) is 0 Å². The lowest BCUT2D eigenvalue weighted by Crippen LogP contribution is -2.33. The number of nitrogens with zero attached hydrogens (tertiary/aromatic N) is 2. The van der Waals surface area contributed by atoms with E-state index in [1.54, 1.807) is 0 Å². The predicted molar refractivity (Wildman–Crippen MR) is 82.2 cm³/mol. The molecule has 0 spiro atoms. The second-order valence-electron chi connectivity index (χ2n) is 5.31. The van der Waals surface area contributed by atoms with Gasteiger partial charge in [0.2, 0.25) is 10.0 Å². The second kappa shape index (κ2) is 5.55. The Bertz CT molecular complexity index is 704. The molecule has 2 rings (SSSR count). The standard InChI is InChI=1S/C14H21N3O2S/c1-16(2)14(9-15-20(4,18)19)12-10-17(3)13-8-6-5-7-11(12)13/h5-8,10,14-15H,9H2,1-4H3. The van der Waals surface area contributed by atoms with Gasteiger partial charge < -0.3 is 9.47 Å². The quantitative estimate of drug-likeness (QED) is 0.905. The van der Waals surface area contributed by atoms with Crippen LogP contribution in [0.1, 0.15) is 11.6 Å². The largest absolute Gasteiger partial charge is 0.350 e. The summed E-state index contributed by atoms with van der Waals surface area (Å²) in [5.74, 6) is 0. The number of sulfonamides is 1. The molecule has 20 heavy (non-hydrogen) atoms. The predicted octanol–water partition coefficient (Wildman–Crippen LogP) is 1.33. The molecule has 1 N–H and O–H groups in total. The number of para-hydroxylation sites is 1. The summed E-state index contributed by atoms with van der Waals surface area (Å²) in [5.41, 5.74) is 2.28. The molecule has 0 aliphatic heterocycles. The van der Waals surface area contributed by atoms with Crippen molar-refractivity contribution < 1.29 is 8.42 Å². The van der Waals surface area contributed by atoms with Crippen molar-refractivity contribution in [1.29, 1.82) is 0 Å². The van der Waals surface area contributed by atoms with Gasteiger partial charge in [-0.1, -0.05) is 18.2 Å². The normalized spacial score (nSPS) is 14.1. The van der Waals surface area contributed by atoms with Crippen LogP contribution in [0.25, 0.3) is 10.9 Å². The number of hydrogen-bond acceptors (Lipinski definition) is 3. The number of benzene rings is 1. The summed E-state index contributed by atoms with van der Waals surface area (Å²) in [6, 6.07) is 8.14. The first kappa shape index (κ1) is 15.0. The van der Waals surface area contributed by atoms with Crippen molar-refractivity contribution in [3.05, 3.63) is 36.0 Å². The Morgan fingerprint density at radius 2 is 1.95 bits per heavy atom. The number of aromatic nitrogens is 1. The average molecular weight is 295 g/mol. The molecule has 1 unspecified atom stereocenters. The summed E-state index contributed by atoms with van der Waals surface area (Å²) in [5, 5.41) is 1.16. The molecule has 110 valence electrons. The van der Waals surface area contributed by atoms with Crippen molar-refractivity contribution in [2.75, 3.05) is 26.9 Å². The van der Waals surface area contributed by atoms with Crippen LogP contribution in [-0.4, -0.2) is 44.8 Å². The van der Waals surface area contributed by atoms with Crippen LogP contribution in [0.15, 0.2) is 30.5 Å². The van der Waals surface area contributed by atoms with Gasteiger partial charge in [-0.3, -0.25) is 0 Å².